The zero-order valence-corrected chi connectivity index (χ0v) is 13.4. The third-order valence-corrected chi connectivity index (χ3v) is 5.26. The van der Waals surface area contributed by atoms with Crippen molar-refractivity contribution in [2.45, 2.75) is 25.4 Å². The number of rotatable bonds is 1. The minimum absolute atomic E-state index is 0.0794. The lowest BCUT2D eigenvalue weighted by atomic mass is 9.89. The summed E-state index contributed by atoms with van der Waals surface area (Å²) in [6.45, 7) is 2.77. The molecule has 1 unspecified atom stereocenters. The second-order valence-electron chi connectivity index (χ2n) is 6.05. The van der Waals surface area contributed by atoms with Crippen LogP contribution in [0.15, 0.2) is 24.3 Å². The molecule has 7 heteroatoms. The van der Waals surface area contributed by atoms with Gasteiger partial charge in [-0.1, -0.05) is 16.6 Å². The predicted octanol–water partition coefficient (Wildman–Crippen LogP) is 2.10. The number of benzene rings is 1. The number of aromatic nitrogens is 2. The van der Waals surface area contributed by atoms with E-state index >= 15 is 0 Å². The molecule has 2 aromatic rings. The molecule has 0 radical (unpaired) electrons. The highest BCUT2D eigenvalue weighted by Gasteiger charge is 2.47. The smallest absolute Gasteiger partial charge is 0.267 e. The SMILES string of the molecule is Cc1nnsc1C(=O)N1CCC2(CC(=O)c3ccccc3O2)C1. The molecule has 0 N–H and O–H groups in total. The van der Waals surface area contributed by atoms with Gasteiger partial charge in [-0.05, 0) is 30.6 Å². The molecule has 2 aliphatic heterocycles. The van der Waals surface area contributed by atoms with Crippen molar-refractivity contribution in [1.82, 2.24) is 14.5 Å². The first kappa shape index (κ1) is 14.3. The fourth-order valence-electron chi connectivity index (χ4n) is 3.26. The second-order valence-corrected chi connectivity index (χ2v) is 6.80. The van der Waals surface area contributed by atoms with E-state index in [9.17, 15) is 9.59 Å². The van der Waals surface area contributed by atoms with Crippen LogP contribution in [0.1, 0.15) is 38.6 Å². The summed E-state index contributed by atoms with van der Waals surface area (Å²) in [5.74, 6) is 0.620. The highest BCUT2D eigenvalue weighted by Crippen LogP contribution is 2.39. The van der Waals surface area contributed by atoms with Crippen molar-refractivity contribution < 1.29 is 14.3 Å². The van der Waals surface area contributed by atoms with Crippen molar-refractivity contribution in [3.63, 3.8) is 0 Å². The normalized spacial score (nSPS) is 23.0. The molecular formula is C16H15N3O3S. The summed E-state index contributed by atoms with van der Waals surface area (Å²) in [5.41, 5.74) is 0.671. The maximum atomic E-state index is 12.6. The van der Waals surface area contributed by atoms with E-state index in [1.165, 1.54) is 0 Å². The molecule has 0 saturated carbocycles. The molecule has 3 heterocycles. The van der Waals surface area contributed by atoms with Crippen LogP contribution in [0.25, 0.3) is 0 Å². The summed E-state index contributed by atoms with van der Waals surface area (Å²) >= 11 is 1.11. The van der Waals surface area contributed by atoms with Gasteiger partial charge in [-0.3, -0.25) is 9.59 Å². The Kier molecular flexibility index (Phi) is 3.19. The lowest BCUT2D eigenvalue weighted by Crippen LogP contribution is -2.45. The number of hydrogen-bond donors (Lipinski definition) is 0. The molecule has 4 rings (SSSR count). The first-order valence-electron chi connectivity index (χ1n) is 7.47. The minimum atomic E-state index is -0.604. The van der Waals surface area contributed by atoms with Crippen molar-refractivity contribution in [3.05, 3.63) is 40.4 Å². The Labute approximate surface area is 137 Å². The van der Waals surface area contributed by atoms with Gasteiger partial charge in [0.2, 0.25) is 0 Å². The van der Waals surface area contributed by atoms with Crippen LogP contribution < -0.4 is 4.74 Å². The summed E-state index contributed by atoms with van der Waals surface area (Å²) in [5, 5.41) is 3.89. The third-order valence-electron chi connectivity index (χ3n) is 4.45. The van der Waals surface area contributed by atoms with Gasteiger partial charge in [-0.25, -0.2) is 0 Å². The van der Waals surface area contributed by atoms with Crippen molar-refractivity contribution in [2.24, 2.45) is 0 Å². The number of ketones is 1. The summed E-state index contributed by atoms with van der Waals surface area (Å²) < 4.78 is 9.96. The van der Waals surface area contributed by atoms with Gasteiger partial charge < -0.3 is 9.64 Å². The van der Waals surface area contributed by atoms with Crippen molar-refractivity contribution >= 4 is 23.2 Å². The first-order chi connectivity index (χ1) is 11.1. The minimum Gasteiger partial charge on any atom is -0.484 e. The number of Topliss-reactive ketones (excluding diaryl/α,β-unsaturated/α-hetero) is 1. The Balaban J connectivity index is 1.58. The zero-order valence-electron chi connectivity index (χ0n) is 12.6. The van der Waals surface area contributed by atoms with E-state index in [0.29, 0.717) is 47.8 Å². The largest absolute Gasteiger partial charge is 0.484 e. The van der Waals surface area contributed by atoms with E-state index in [4.69, 9.17) is 4.74 Å². The van der Waals surface area contributed by atoms with E-state index in [2.05, 4.69) is 9.59 Å². The average molecular weight is 329 g/mol. The predicted molar refractivity (Wildman–Crippen MR) is 83.9 cm³/mol. The number of aryl methyl sites for hydroxylation is 1. The molecule has 0 aliphatic carbocycles. The van der Waals surface area contributed by atoms with Crippen LogP contribution in [0.3, 0.4) is 0 Å². The van der Waals surface area contributed by atoms with Crippen molar-refractivity contribution in [1.29, 1.82) is 0 Å². The fourth-order valence-corrected chi connectivity index (χ4v) is 3.89. The van der Waals surface area contributed by atoms with E-state index in [0.717, 1.165) is 11.5 Å². The van der Waals surface area contributed by atoms with Crippen LogP contribution >= 0.6 is 11.5 Å². The second kappa shape index (κ2) is 5.13. The van der Waals surface area contributed by atoms with Gasteiger partial charge in [0.05, 0.1) is 24.2 Å². The topological polar surface area (TPSA) is 72.4 Å². The number of fused-ring (bicyclic) bond motifs is 1. The van der Waals surface area contributed by atoms with Crippen LogP contribution in [0.4, 0.5) is 0 Å². The van der Waals surface area contributed by atoms with Crippen LogP contribution in [0.5, 0.6) is 5.75 Å². The Hall–Kier alpha value is -2.28. The van der Waals surface area contributed by atoms with Gasteiger partial charge in [0.15, 0.2) is 5.78 Å². The van der Waals surface area contributed by atoms with Crippen LogP contribution in [-0.4, -0.2) is 44.9 Å². The molecule has 1 aromatic heterocycles. The lowest BCUT2D eigenvalue weighted by Gasteiger charge is -2.34. The summed E-state index contributed by atoms with van der Waals surface area (Å²) in [6.07, 6.45) is 0.970. The number of carbonyl (C=O) groups excluding carboxylic acids is 2. The zero-order chi connectivity index (χ0) is 16.0. The molecule has 1 saturated heterocycles. The number of hydrogen-bond acceptors (Lipinski definition) is 6. The molecule has 1 amide bonds. The van der Waals surface area contributed by atoms with Gasteiger partial charge in [0.25, 0.3) is 5.91 Å². The number of ether oxygens (including phenoxy) is 1. The standard InChI is InChI=1S/C16H15N3O3S/c1-10-14(23-18-17-10)15(21)19-7-6-16(9-19)8-12(20)11-4-2-3-5-13(11)22-16/h2-5H,6-9H2,1H3. The van der Waals surface area contributed by atoms with Gasteiger partial charge in [0.1, 0.15) is 16.2 Å². The van der Waals surface area contributed by atoms with Crippen LogP contribution in [0, 0.1) is 6.92 Å². The molecule has 1 atom stereocenters. The quantitative estimate of drug-likeness (QED) is 0.801. The fraction of sp³-hybridized carbons (Fsp3) is 0.375. The molecule has 0 bridgehead atoms. The van der Waals surface area contributed by atoms with E-state index in [1.54, 1.807) is 17.9 Å². The molecule has 1 spiro atoms. The Bertz CT molecular complexity index is 803. The van der Waals surface area contributed by atoms with Crippen molar-refractivity contribution in [3.8, 4) is 5.75 Å². The van der Waals surface area contributed by atoms with Crippen LogP contribution in [-0.2, 0) is 0 Å². The number of carbonyl (C=O) groups is 2. The molecule has 118 valence electrons. The highest BCUT2D eigenvalue weighted by molar-refractivity contribution is 7.07. The maximum absolute atomic E-state index is 12.6. The number of amides is 1. The number of nitrogens with zero attached hydrogens (tertiary/aromatic N) is 3. The van der Waals surface area contributed by atoms with E-state index in [-0.39, 0.29) is 11.7 Å². The van der Waals surface area contributed by atoms with Gasteiger partial charge in [-0.2, -0.15) is 0 Å². The number of para-hydroxylation sites is 1. The first-order valence-corrected chi connectivity index (χ1v) is 8.25. The Morgan fingerprint density at radius 3 is 3.00 bits per heavy atom. The van der Waals surface area contributed by atoms with Gasteiger partial charge in [-0.15, -0.1) is 5.10 Å². The maximum Gasteiger partial charge on any atom is 0.267 e. The van der Waals surface area contributed by atoms with E-state index < -0.39 is 5.60 Å². The van der Waals surface area contributed by atoms with Crippen molar-refractivity contribution in [2.75, 3.05) is 13.1 Å². The summed E-state index contributed by atoms with van der Waals surface area (Å²) in [6, 6.07) is 7.29. The van der Waals surface area contributed by atoms with Gasteiger partial charge in [0, 0.05) is 13.0 Å². The Morgan fingerprint density at radius 1 is 1.39 bits per heavy atom. The monoisotopic (exact) mass is 329 g/mol. The molecule has 23 heavy (non-hydrogen) atoms. The molecule has 1 aromatic carbocycles. The summed E-state index contributed by atoms with van der Waals surface area (Å²) in [4.78, 5) is 27.3. The van der Waals surface area contributed by atoms with Gasteiger partial charge >= 0.3 is 0 Å². The lowest BCUT2D eigenvalue weighted by molar-refractivity contribution is 0.0429. The Morgan fingerprint density at radius 2 is 2.22 bits per heavy atom. The molecule has 6 nitrogen and oxygen atoms in total. The number of likely N-dealkylation sites (tertiary alicyclic amines) is 1. The highest BCUT2D eigenvalue weighted by atomic mass is 32.1. The van der Waals surface area contributed by atoms with Crippen LogP contribution in [0.2, 0.25) is 0 Å². The molecule has 2 aliphatic rings. The molecular weight excluding hydrogens is 314 g/mol. The third kappa shape index (κ3) is 2.31. The summed E-state index contributed by atoms with van der Waals surface area (Å²) in [7, 11) is 0. The average Bonchev–Trinajstić information content (AvgIpc) is 3.13. The van der Waals surface area contributed by atoms with E-state index in [1.807, 2.05) is 18.2 Å². The molecule has 1 fully saturated rings.